The molecule has 3 aliphatic rings. The average molecular weight is 580 g/mol. The Morgan fingerprint density at radius 2 is 1.65 bits per heavy atom. The molecule has 2 bridgehead atoms. The monoisotopic (exact) mass is 579 g/mol. The van der Waals surface area contributed by atoms with Crippen molar-refractivity contribution in [2.75, 3.05) is 0 Å². The molecule has 0 radical (unpaired) electrons. The van der Waals surface area contributed by atoms with E-state index < -0.39 is 17.8 Å². The third kappa shape index (κ3) is 5.65. The first-order chi connectivity index (χ1) is 17.5. The fourth-order valence-electron chi connectivity index (χ4n) is 5.86. The lowest BCUT2D eigenvalue weighted by Crippen LogP contribution is -2.58. The van der Waals surface area contributed by atoms with Crippen LogP contribution in [0, 0.1) is 0 Å². The van der Waals surface area contributed by atoms with Crippen LogP contribution in [0.2, 0.25) is 0 Å². The summed E-state index contributed by atoms with van der Waals surface area (Å²) < 4.78 is 42.5. The number of nitrogens with zero attached hydrogens (tertiary/aromatic N) is 1. The van der Waals surface area contributed by atoms with Crippen LogP contribution in [0.5, 0.6) is 5.75 Å². The van der Waals surface area contributed by atoms with Gasteiger partial charge in [-0.1, -0.05) is 40.2 Å². The van der Waals surface area contributed by atoms with Crippen LogP contribution in [0.3, 0.4) is 0 Å². The molecule has 5 rings (SSSR count). The summed E-state index contributed by atoms with van der Waals surface area (Å²) in [7, 11) is 0. The second-order valence-electron chi connectivity index (χ2n) is 10.4. The lowest BCUT2D eigenvalue weighted by molar-refractivity contribution is -0.274. The van der Waals surface area contributed by atoms with Gasteiger partial charge in [0.25, 0.3) is 0 Å². The van der Waals surface area contributed by atoms with E-state index in [0.29, 0.717) is 24.8 Å². The quantitative estimate of drug-likeness (QED) is 0.502. The highest BCUT2D eigenvalue weighted by Crippen LogP contribution is 2.49. The number of hydrogen-bond acceptors (Lipinski definition) is 4. The third-order valence-corrected chi connectivity index (χ3v) is 8.33. The van der Waals surface area contributed by atoms with Crippen LogP contribution < -0.4 is 15.8 Å². The molecule has 37 heavy (non-hydrogen) atoms. The van der Waals surface area contributed by atoms with E-state index in [0.717, 1.165) is 35.7 Å². The fraction of sp³-hybridized carbons (Fsp3) is 0.481. The zero-order chi connectivity index (χ0) is 26.4. The molecule has 0 aromatic heterocycles. The lowest BCUT2D eigenvalue weighted by atomic mass is 9.93. The van der Waals surface area contributed by atoms with E-state index in [1.807, 2.05) is 29.2 Å². The summed E-state index contributed by atoms with van der Waals surface area (Å²) in [5.74, 6) is -0.719. The maximum atomic E-state index is 13.9. The van der Waals surface area contributed by atoms with Crippen molar-refractivity contribution >= 4 is 27.7 Å². The number of alkyl halides is 3. The van der Waals surface area contributed by atoms with E-state index in [1.165, 1.54) is 24.3 Å². The van der Waals surface area contributed by atoms with Gasteiger partial charge < -0.3 is 20.7 Å². The highest BCUT2D eigenvalue weighted by molar-refractivity contribution is 9.10. The Morgan fingerprint density at radius 3 is 2.19 bits per heavy atom. The number of fused-ring (bicyclic) bond motifs is 2. The molecule has 2 heterocycles. The van der Waals surface area contributed by atoms with Crippen molar-refractivity contribution < 1.29 is 27.5 Å². The van der Waals surface area contributed by atoms with Gasteiger partial charge in [-0.25, -0.2) is 0 Å². The van der Waals surface area contributed by atoms with Gasteiger partial charge in [0, 0.05) is 29.0 Å². The molecule has 0 spiro atoms. The van der Waals surface area contributed by atoms with E-state index in [4.69, 9.17) is 5.73 Å². The largest absolute Gasteiger partial charge is 0.573 e. The van der Waals surface area contributed by atoms with Crippen molar-refractivity contribution in [2.24, 2.45) is 5.73 Å². The van der Waals surface area contributed by atoms with Gasteiger partial charge in [0.05, 0.1) is 5.41 Å². The Hall–Kier alpha value is -2.59. The third-order valence-electron chi connectivity index (χ3n) is 7.81. The smallest absolute Gasteiger partial charge is 0.406 e. The maximum absolute atomic E-state index is 13.9. The van der Waals surface area contributed by atoms with Gasteiger partial charge >= 0.3 is 6.36 Å². The van der Waals surface area contributed by atoms with E-state index in [1.54, 1.807) is 0 Å². The molecule has 3 atom stereocenters. The van der Waals surface area contributed by atoms with Crippen molar-refractivity contribution in [1.82, 2.24) is 10.2 Å². The van der Waals surface area contributed by atoms with E-state index >= 15 is 0 Å². The number of benzene rings is 2. The summed E-state index contributed by atoms with van der Waals surface area (Å²) in [6.45, 7) is 0. The van der Waals surface area contributed by atoms with Crippen LogP contribution in [0.25, 0.3) is 0 Å². The van der Waals surface area contributed by atoms with Gasteiger partial charge in [0.1, 0.15) is 11.8 Å². The topological polar surface area (TPSA) is 84.7 Å². The first-order valence-electron chi connectivity index (χ1n) is 12.5. The molecule has 6 nitrogen and oxygen atoms in total. The Morgan fingerprint density at radius 1 is 1.05 bits per heavy atom. The number of piperidine rings is 1. The number of rotatable bonds is 7. The highest BCUT2D eigenvalue weighted by atomic mass is 79.9. The molecule has 2 aromatic carbocycles. The van der Waals surface area contributed by atoms with Crippen molar-refractivity contribution in [1.29, 1.82) is 0 Å². The average Bonchev–Trinajstić information content (AvgIpc) is 3.60. The van der Waals surface area contributed by atoms with Crippen molar-refractivity contribution in [2.45, 2.75) is 80.9 Å². The summed E-state index contributed by atoms with van der Waals surface area (Å²) in [5.41, 5.74) is 6.87. The predicted octanol–water partition coefficient (Wildman–Crippen LogP) is 4.59. The molecule has 1 saturated carbocycles. The number of ether oxygens (including phenoxy) is 1. The number of hydrogen-bond donors (Lipinski definition) is 2. The van der Waals surface area contributed by atoms with Crippen LogP contribution >= 0.6 is 15.9 Å². The summed E-state index contributed by atoms with van der Waals surface area (Å²) in [5, 5.41) is 3.03. The lowest BCUT2D eigenvalue weighted by Gasteiger charge is -2.40. The van der Waals surface area contributed by atoms with Crippen LogP contribution in [-0.2, 0) is 21.4 Å². The second-order valence-corrected chi connectivity index (χ2v) is 11.3. The van der Waals surface area contributed by atoms with E-state index in [9.17, 15) is 22.8 Å². The van der Waals surface area contributed by atoms with Crippen LogP contribution in [0.4, 0.5) is 13.2 Å². The normalized spacial score (nSPS) is 24.9. The minimum absolute atomic E-state index is 0.0834. The van der Waals surface area contributed by atoms with Crippen molar-refractivity contribution in [3.05, 3.63) is 64.1 Å². The molecule has 1 aliphatic carbocycles. The van der Waals surface area contributed by atoms with Gasteiger partial charge in [-0.05, 0) is 73.9 Å². The van der Waals surface area contributed by atoms with Gasteiger partial charge in [0.15, 0.2) is 0 Å². The van der Waals surface area contributed by atoms with E-state index in [-0.39, 0.29) is 35.7 Å². The summed E-state index contributed by atoms with van der Waals surface area (Å²) in [4.78, 5) is 29.4. The first-order valence-corrected chi connectivity index (χ1v) is 13.3. The molecule has 2 amide bonds. The predicted molar refractivity (Wildman–Crippen MR) is 135 cm³/mol. The SMILES string of the molecule is NC1CC2CCC(C1)N2C(=O)[C@@H](Cc1ccc(Br)cc1)NC(=O)C1(c2ccc(OC(F)(F)F)cc2)CC1. The number of nitrogens with one attached hydrogen (secondary N) is 1. The Labute approximate surface area is 221 Å². The molecule has 3 N–H and O–H groups in total. The first kappa shape index (κ1) is 26.0. The van der Waals surface area contributed by atoms with Gasteiger partial charge in [-0.3, -0.25) is 9.59 Å². The molecule has 198 valence electrons. The van der Waals surface area contributed by atoms with Gasteiger partial charge in [-0.15, -0.1) is 13.2 Å². The molecular formula is C27H29BrF3N3O3. The van der Waals surface area contributed by atoms with Crippen LogP contribution in [-0.4, -0.2) is 47.2 Å². The van der Waals surface area contributed by atoms with Gasteiger partial charge in [-0.2, -0.15) is 0 Å². The zero-order valence-electron chi connectivity index (χ0n) is 20.1. The summed E-state index contributed by atoms with van der Waals surface area (Å²) >= 11 is 3.43. The van der Waals surface area contributed by atoms with E-state index in [2.05, 4.69) is 26.0 Å². The molecule has 2 aromatic rings. The number of amides is 2. The Balaban J connectivity index is 1.36. The fourth-order valence-corrected chi connectivity index (χ4v) is 6.12. The Kier molecular flexibility index (Phi) is 7.00. The highest BCUT2D eigenvalue weighted by Gasteiger charge is 2.53. The number of halogens is 4. The van der Waals surface area contributed by atoms with Gasteiger partial charge in [0.2, 0.25) is 11.8 Å². The standard InChI is InChI=1S/C27H29BrF3N3O3/c28-18-5-1-16(2-6-18)13-23(24(35)34-20-7-8-21(34)15-19(32)14-20)33-25(36)26(11-12-26)17-3-9-22(10-4-17)37-27(29,30)31/h1-6,9-10,19-21,23H,7-8,11-15,32H2,(H,33,36)/t19?,20?,21?,23-/m1/s1. The minimum atomic E-state index is -4.78. The maximum Gasteiger partial charge on any atom is 0.573 e. The molecule has 10 heteroatoms. The Bertz CT molecular complexity index is 1140. The zero-order valence-corrected chi connectivity index (χ0v) is 21.7. The number of nitrogens with two attached hydrogens (primary N) is 1. The number of carbonyl (C=O) groups is 2. The molecular weight excluding hydrogens is 551 g/mol. The van der Waals surface area contributed by atoms with Crippen molar-refractivity contribution in [3.63, 3.8) is 0 Å². The second kappa shape index (κ2) is 9.94. The number of carbonyl (C=O) groups excluding carboxylic acids is 2. The van der Waals surface area contributed by atoms with Crippen molar-refractivity contribution in [3.8, 4) is 5.75 Å². The minimum Gasteiger partial charge on any atom is -0.406 e. The molecule has 2 aliphatic heterocycles. The van der Waals surface area contributed by atoms with Crippen LogP contribution in [0.15, 0.2) is 53.0 Å². The molecule has 2 unspecified atom stereocenters. The summed E-state index contributed by atoms with van der Waals surface area (Å²) in [6, 6.07) is 12.6. The molecule has 2 saturated heterocycles. The molecule has 3 fully saturated rings. The van der Waals surface area contributed by atoms with Crippen LogP contribution in [0.1, 0.15) is 49.7 Å². The summed E-state index contributed by atoms with van der Waals surface area (Å²) in [6.07, 6.45) is 0.0269.